The van der Waals surface area contributed by atoms with Crippen LogP contribution in [-0.2, 0) is 11.2 Å². The van der Waals surface area contributed by atoms with Crippen LogP contribution in [0.3, 0.4) is 0 Å². The second-order valence-electron chi connectivity index (χ2n) is 5.41. The molecule has 1 aromatic heterocycles. The Morgan fingerprint density at radius 2 is 2.30 bits per heavy atom. The molecule has 1 N–H and O–H groups in total. The van der Waals surface area contributed by atoms with Crippen molar-refractivity contribution in [3.05, 3.63) is 25.4 Å². The predicted molar refractivity (Wildman–Crippen MR) is 87.0 cm³/mol. The van der Waals surface area contributed by atoms with Gasteiger partial charge in [0.15, 0.2) is 0 Å². The minimum atomic E-state index is -0.133. The number of aromatic amines is 1. The summed E-state index contributed by atoms with van der Waals surface area (Å²) < 4.78 is 6.49. The second-order valence-corrected chi connectivity index (χ2v) is 6.49. The Balaban J connectivity index is 2.26. The van der Waals surface area contributed by atoms with Gasteiger partial charge in [-0.2, -0.15) is 0 Å². The third-order valence-electron chi connectivity index (χ3n) is 3.57. The van der Waals surface area contributed by atoms with Gasteiger partial charge in [0, 0.05) is 19.1 Å². The Labute approximate surface area is 133 Å². The molecule has 1 atom stereocenters. The van der Waals surface area contributed by atoms with Crippen LogP contribution >= 0.6 is 22.6 Å². The third-order valence-corrected chi connectivity index (χ3v) is 4.68. The van der Waals surface area contributed by atoms with E-state index in [4.69, 9.17) is 4.74 Å². The summed E-state index contributed by atoms with van der Waals surface area (Å²) in [7, 11) is 0. The molecule has 0 spiro atoms. The van der Waals surface area contributed by atoms with Crippen LogP contribution in [0.2, 0.25) is 0 Å². The van der Waals surface area contributed by atoms with E-state index in [9.17, 15) is 4.79 Å². The summed E-state index contributed by atoms with van der Waals surface area (Å²) in [4.78, 5) is 21.9. The van der Waals surface area contributed by atoms with Gasteiger partial charge in [0.05, 0.1) is 15.9 Å². The van der Waals surface area contributed by atoms with Crippen molar-refractivity contribution < 1.29 is 4.74 Å². The fourth-order valence-electron chi connectivity index (χ4n) is 2.38. The number of nitrogens with zero attached hydrogens (tertiary/aromatic N) is 2. The van der Waals surface area contributed by atoms with Gasteiger partial charge in [0.1, 0.15) is 11.9 Å². The molecule has 0 aromatic carbocycles. The average Bonchev–Trinajstić information content (AvgIpc) is 2.44. The van der Waals surface area contributed by atoms with Gasteiger partial charge >= 0.3 is 0 Å². The zero-order valence-electron chi connectivity index (χ0n) is 12.3. The van der Waals surface area contributed by atoms with Crippen LogP contribution in [0.5, 0.6) is 0 Å². The smallest absolute Gasteiger partial charge is 0.264 e. The van der Waals surface area contributed by atoms with Crippen LogP contribution in [0.25, 0.3) is 0 Å². The average molecular weight is 391 g/mol. The Bertz CT molecular complexity index is 516. The molecule has 20 heavy (non-hydrogen) atoms. The highest BCUT2D eigenvalue weighted by Crippen LogP contribution is 2.21. The van der Waals surface area contributed by atoms with Crippen molar-refractivity contribution in [2.45, 2.75) is 45.8 Å². The molecular formula is C14H22IN3O2. The van der Waals surface area contributed by atoms with Crippen LogP contribution in [0.15, 0.2) is 4.79 Å². The Morgan fingerprint density at radius 1 is 1.55 bits per heavy atom. The minimum Gasteiger partial charge on any atom is -0.368 e. The molecule has 0 aliphatic carbocycles. The summed E-state index contributed by atoms with van der Waals surface area (Å²) in [6.07, 6.45) is 1.68. The molecule has 0 amide bonds. The van der Waals surface area contributed by atoms with Crippen molar-refractivity contribution in [1.29, 1.82) is 0 Å². The highest BCUT2D eigenvalue weighted by Gasteiger charge is 2.26. The lowest BCUT2D eigenvalue weighted by molar-refractivity contribution is -0.0444. The minimum absolute atomic E-state index is 0.0516. The number of hydrogen-bond donors (Lipinski definition) is 1. The quantitative estimate of drug-likeness (QED) is 0.799. The SMILES string of the molecule is CCCc1nc(C2CN(C(C)C)CCO2)[nH]c(=O)c1I. The normalized spacial score (nSPS) is 20.6. The van der Waals surface area contributed by atoms with E-state index in [1.807, 2.05) is 0 Å². The van der Waals surface area contributed by atoms with Crippen molar-refractivity contribution in [3.8, 4) is 0 Å². The molecule has 1 saturated heterocycles. The summed E-state index contributed by atoms with van der Waals surface area (Å²) in [6, 6.07) is 0.479. The molecular weight excluding hydrogens is 369 g/mol. The first-order valence-electron chi connectivity index (χ1n) is 7.17. The van der Waals surface area contributed by atoms with Gasteiger partial charge in [-0.15, -0.1) is 0 Å². The molecule has 2 rings (SSSR count). The first-order valence-corrected chi connectivity index (χ1v) is 8.25. The maximum absolute atomic E-state index is 12.0. The van der Waals surface area contributed by atoms with Crippen molar-refractivity contribution in [1.82, 2.24) is 14.9 Å². The lowest BCUT2D eigenvalue weighted by atomic mass is 10.2. The number of rotatable bonds is 4. The van der Waals surface area contributed by atoms with E-state index in [0.717, 1.165) is 31.6 Å². The van der Waals surface area contributed by atoms with Crippen molar-refractivity contribution in [2.24, 2.45) is 0 Å². The number of aryl methyl sites for hydroxylation is 1. The first kappa shape index (κ1) is 15.9. The van der Waals surface area contributed by atoms with Gasteiger partial charge in [0.2, 0.25) is 0 Å². The number of H-pyrrole nitrogens is 1. The Hall–Kier alpha value is -0.470. The molecule has 1 fully saturated rings. The summed E-state index contributed by atoms with van der Waals surface area (Å²) in [5, 5.41) is 0. The molecule has 1 aliphatic heterocycles. The molecule has 0 radical (unpaired) electrons. The van der Waals surface area contributed by atoms with Crippen LogP contribution in [-0.4, -0.2) is 40.6 Å². The molecule has 1 unspecified atom stereocenters. The second kappa shape index (κ2) is 7.00. The summed E-state index contributed by atoms with van der Waals surface area (Å²) in [5.74, 6) is 0.671. The highest BCUT2D eigenvalue weighted by molar-refractivity contribution is 14.1. The number of nitrogens with one attached hydrogen (secondary N) is 1. The maximum atomic E-state index is 12.0. The van der Waals surface area contributed by atoms with Gasteiger partial charge in [0.25, 0.3) is 5.56 Å². The first-order chi connectivity index (χ1) is 9.52. The van der Waals surface area contributed by atoms with Gasteiger partial charge in [-0.1, -0.05) is 13.3 Å². The number of ether oxygens (including phenoxy) is 1. The molecule has 1 aliphatic rings. The zero-order valence-corrected chi connectivity index (χ0v) is 14.4. The van der Waals surface area contributed by atoms with Gasteiger partial charge in [-0.25, -0.2) is 4.98 Å². The monoisotopic (exact) mass is 391 g/mol. The zero-order chi connectivity index (χ0) is 14.7. The molecule has 6 heteroatoms. The van der Waals surface area contributed by atoms with E-state index < -0.39 is 0 Å². The highest BCUT2D eigenvalue weighted by atomic mass is 127. The molecule has 2 heterocycles. The topological polar surface area (TPSA) is 58.2 Å². The van der Waals surface area contributed by atoms with Crippen LogP contribution < -0.4 is 5.56 Å². The van der Waals surface area contributed by atoms with E-state index in [-0.39, 0.29) is 11.7 Å². The fourth-order valence-corrected chi connectivity index (χ4v) is 2.91. The summed E-state index contributed by atoms with van der Waals surface area (Å²) in [5.41, 5.74) is 0.835. The predicted octanol–water partition coefficient (Wildman–Crippen LogP) is 2.11. The van der Waals surface area contributed by atoms with Crippen LogP contribution in [0, 0.1) is 3.57 Å². The molecule has 112 valence electrons. The summed E-state index contributed by atoms with van der Waals surface area (Å²) >= 11 is 2.07. The number of hydrogen-bond acceptors (Lipinski definition) is 4. The Morgan fingerprint density at radius 3 is 2.95 bits per heavy atom. The molecule has 1 aromatic rings. The number of morpholine rings is 1. The van der Waals surface area contributed by atoms with E-state index in [1.165, 1.54) is 0 Å². The van der Waals surface area contributed by atoms with Crippen molar-refractivity contribution >= 4 is 22.6 Å². The standard InChI is InChI=1S/C14H22IN3O2/c1-4-5-10-12(15)14(19)17-13(16-10)11-8-18(9(2)3)6-7-20-11/h9,11H,4-8H2,1-3H3,(H,16,17,19). The van der Waals surface area contributed by atoms with Crippen LogP contribution in [0.4, 0.5) is 0 Å². The maximum Gasteiger partial charge on any atom is 0.264 e. The van der Waals surface area contributed by atoms with E-state index in [0.29, 0.717) is 22.0 Å². The summed E-state index contributed by atoms with van der Waals surface area (Å²) in [6.45, 7) is 8.85. The molecule has 0 saturated carbocycles. The largest absolute Gasteiger partial charge is 0.368 e. The van der Waals surface area contributed by atoms with E-state index in [1.54, 1.807) is 0 Å². The number of aromatic nitrogens is 2. The van der Waals surface area contributed by atoms with Gasteiger partial charge in [-0.3, -0.25) is 9.69 Å². The molecule has 5 nitrogen and oxygen atoms in total. The van der Waals surface area contributed by atoms with Crippen LogP contribution in [0.1, 0.15) is 44.8 Å². The third kappa shape index (κ3) is 3.59. The lowest BCUT2D eigenvalue weighted by Crippen LogP contribution is -2.43. The van der Waals surface area contributed by atoms with Gasteiger partial charge < -0.3 is 9.72 Å². The molecule has 0 bridgehead atoms. The van der Waals surface area contributed by atoms with Gasteiger partial charge in [-0.05, 0) is 42.9 Å². The van der Waals surface area contributed by atoms with E-state index >= 15 is 0 Å². The lowest BCUT2D eigenvalue weighted by Gasteiger charge is -2.35. The van der Waals surface area contributed by atoms with Crippen molar-refractivity contribution in [2.75, 3.05) is 19.7 Å². The number of halogens is 1. The Kier molecular flexibility index (Phi) is 5.57. The fraction of sp³-hybridized carbons (Fsp3) is 0.714. The van der Waals surface area contributed by atoms with Crippen molar-refractivity contribution in [3.63, 3.8) is 0 Å². The van der Waals surface area contributed by atoms with E-state index in [2.05, 4.69) is 58.2 Å².